The van der Waals surface area contributed by atoms with E-state index in [0.29, 0.717) is 23.7 Å². The fourth-order valence-corrected chi connectivity index (χ4v) is 2.80. The zero-order valence-corrected chi connectivity index (χ0v) is 24.2. The van der Waals surface area contributed by atoms with Gasteiger partial charge in [0.25, 0.3) is 0 Å². The molecule has 6 nitrogen and oxygen atoms in total. The van der Waals surface area contributed by atoms with Crippen molar-refractivity contribution in [2.24, 2.45) is 0 Å². The number of para-hydroxylation sites is 1. The Morgan fingerprint density at radius 1 is 1.07 bits per heavy atom. The molecule has 0 spiro atoms. The van der Waals surface area contributed by atoms with Gasteiger partial charge < -0.3 is 24.6 Å². The molecule has 2 aromatic carbocycles. The Hall–Kier alpha value is -3.77. The molecule has 2 N–H and O–H groups in total. The van der Waals surface area contributed by atoms with Gasteiger partial charge in [0.1, 0.15) is 18.1 Å². The first kappa shape index (κ1) is 38.4. The van der Waals surface area contributed by atoms with Crippen molar-refractivity contribution in [1.82, 2.24) is 0 Å². The third-order valence-electron chi connectivity index (χ3n) is 4.22. The highest BCUT2D eigenvalue weighted by atomic mass is 35.5. The fourth-order valence-electron chi connectivity index (χ4n) is 2.62. The minimum Gasteiger partial charge on any atom is -0.497 e. The van der Waals surface area contributed by atoms with Crippen molar-refractivity contribution < 1.29 is 37.3 Å². The van der Waals surface area contributed by atoms with Crippen LogP contribution in [0.1, 0.15) is 46.6 Å². The molecule has 0 aliphatic heterocycles. The number of carboxylic acids is 1. The van der Waals surface area contributed by atoms with Crippen LogP contribution in [0.2, 0.25) is 0 Å². The molecule has 0 aliphatic rings. The maximum atomic E-state index is 12.2. The van der Waals surface area contributed by atoms with E-state index < -0.39 is 18.4 Å². The van der Waals surface area contributed by atoms with Gasteiger partial charge in [0.05, 0.1) is 6.26 Å². The summed E-state index contributed by atoms with van der Waals surface area (Å²) in [6.45, 7) is 9.60. The van der Waals surface area contributed by atoms with Crippen molar-refractivity contribution in [3.63, 3.8) is 0 Å². The largest absolute Gasteiger partial charge is 0.573 e. The topological polar surface area (TPSA) is 77.0 Å². The van der Waals surface area contributed by atoms with Crippen molar-refractivity contribution in [1.29, 1.82) is 0 Å². The highest BCUT2D eigenvalue weighted by Crippen LogP contribution is 2.28. The average molecular weight is 586 g/mol. The summed E-state index contributed by atoms with van der Waals surface area (Å²) >= 11 is 5.21. The van der Waals surface area contributed by atoms with Crippen LogP contribution in [-0.2, 0) is 16.1 Å². The predicted octanol–water partition coefficient (Wildman–Crippen LogP) is 8.44. The molecule has 1 atom stereocenters. The van der Waals surface area contributed by atoms with Gasteiger partial charge in [-0.05, 0) is 58.4 Å². The van der Waals surface area contributed by atoms with E-state index in [1.807, 2.05) is 58.0 Å². The average Bonchev–Trinajstić information content (AvgIpc) is 2.90. The van der Waals surface area contributed by atoms with Crippen LogP contribution in [0, 0.1) is 12.8 Å². The summed E-state index contributed by atoms with van der Waals surface area (Å²) in [7, 11) is 0. The Kier molecular flexibility index (Phi) is 22.2. The molecule has 2 rings (SSSR count). The van der Waals surface area contributed by atoms with Crippen molar-refractivity contribution in [2.75, 3.05) is 11.2 Å². The second-order valence-corrected chi connectivity index (χ2v) is 8.14. The second-order valence-electron chi connectivity index (χ2n) is 7.84. The van der Waals surface area contributed by atoms with Crippen molar-refractivity contribution in [3.05, 3.63) is 78.6 Å². The van der Waals surface area contributed by atoms with E-state index in [2.05, 4.69) is 22.9 Å². The Labute approximate surface area is 240 Å². The maximum absolute atomic E-state index is 12.2. The number of hydrogen-bond acceptors (Lipinski definition) is 5. The first-order valence-corrected chi connectivity index (χ1v) is 12.8. The summed E-state index contributed by atoms with van der Waals surface area (Å²) in [4.78, 5) is 10.6. The number of ether oxygens (including phenoxy) is 3. The second kappa shape index (κ2) is 23.1. The van der Waals surface area contributed by atoms with Crippen LogP contribution in [0.5, 0.6) is 11.5 Å². The molecule has 1 unspecified atom stereocenters. The number of terminal acetylenes is 1. The molecule has 0 saturated heterocycles. The lowest BCUT2D eigenvalue weighted by Gasteiger charge is -2.17. The summed E-state index contributed by atoms with van der Waals surface area (Å²) in [5.74, 6) is 0.0507. The molecular weight excluding hydrogens is 547 g/mol. The van der Waals surface area contributed by atoms with Crippen molar-refractivity contribution >= 4 is 23.3 Å². The molecule has 10 heteroatoms. The SMILES string of the molecule is C#C.C/C=C/OCc1ccc(OC(F)(F)F)cc1NC(C)C.C/C=C\CCl.CCC(Oc1ccccc1)C(=O)O. The summed E-state index contributed by atoms with van der Waals surface area (Å²) in [5.41, 5.74) is 1.32. The number of anilines is 1. The number of rotatable bonds is 11. The Bertz CT molecular complexity index is 1010. The van der Waals surface area contributed by atoms with E-state index >= 15 is 0 Å². The number of alkyl halides is 4. The molecule has 0 radical (unpaired) electrons. The van der Waals surface area contributed by atoms with Gasteiger partial charge in [0, 0.05) is 29.2 Å². The maximum Gasteiger partial charge on any atom is 0.573 e. The van der Waals surface area contributed by atoms with Crippen LogP contribution >= 0.6 is 11.6 Å². The molecule has 0 aromatic heterocycles. The predicted molar refractivity (Wildman–Crippen MR) is 156 cm³/mol. The third kappa shape index (κ3) is 20.2. The molecular formula is C30H39ClF3NO5. The van der Waals surface area contributed by atoms with Crippen LogP contribution < -0.4 is 14.8 Å². The zero-order valence-electron chi connectivity index (χ0n) is 23.5. The van der Waals surface area contributed by atoms with Crippen LogP contribution in [0.4, 0.5) is 18.9 Å². The van der Waals surface area contributed by atoms with E-state index in [1.54, 1.807) is 31.2 Å². The van der Waals surface area contributed by atoms with Gasteiger partial charge in [-0.3, -0.25) is 0 Å². The van der Waals surface area contributed by atoms with Gasteiger partial charge in [0.15, 0.2) is 6.10 Å². The molecule has 0 heterocycles. The molecule has 0 bridgehead atoms. The molecule has 222 valence electrons. The molecule has 40 heavy (non-hydrogen) atoms. The Morgan fingerprint density at radius 3 is 2.12 bits per heavy atom. The molecule has 0 amide bonds. The first-order valence-electron chi connectivity index (χ1n) is 12.3. The molecule has 0 fully saturated rings. The van der Waals surface area contributed by atoms with E-state index in [9.17, 15) is 18.0 Å². The van der Waals surface area contributed by atoms with Crippen LogP contribution in [0.3, 0.4) is 0 Å². The number of carboxylic acid groups (broad SMARTS) is 1. The first-order chi connectivity index (χ1) is 19.0. The van der Waals surface area contributed by atoms with E-state index in [1.165, 1.54) is 18.4 Å². The minimum absolute atomic E-state index is 0.0802. The molecule has 0 aliphatic carbocycles. The highest BCUT2D eigenvalue weighted by Gasteiger charge is 2.31. The number of benzene rings is 2. The van der Waals surface area contributed by atoms with Crippen LogP contribution in [0.25, 0.3) is 0 Å². The monoisotopic (exact) mass is 585 g/mol. The Balaban J connectivity index is 0. The molecule has 2 aromatic rings. The summed E-state index contributed by atoms with van der Waals surface area (Å²) in [6, 6.07) is 13.2. The summed E-state index contributed by atoms with van der Waals surface area (Å²) in [6.07, 6.45) is 10.1. The number of hydrogen-bond donors (Lipinski definition) is 2. The third-order valence-corrected chi connectivity index (χ3v) is 4.40. The van der Waals surface area contributed by atoms with Crippen molar-refractivity contribution in [2.45, 2.75) is 66.2 Å². The lowest BCUT2D eigenvalue weighted by molar-refractivity contribution is -0.274. The van der Waals surface area contributed by atoms with Gasteiger partial charge in [-0.1, -0.05) is 43.4 Å². The number of carbonyl (C=O) groups is 1. The highest BCUT2D eigenvalue weighted by molar-refractivity contribution is 6.18. The standard InChI is InChI=1S/C14H18F3NO2.C10H12O3.C4H7Cl.C2H2/c1-4-7-19-9-11-5-6-12(20-14(15,16)17)8-13(11)18-10(2)3;1-2-9(10(11)12)13-8-6-4-3-5-7-8;1-2-3-4-5;1-2/h4-8,10,18H,9H2,1-3H3;3-7,9H,2H2,1H3,(H,11,12);2-3H,4H2,1H3;1-2H/b7-4+;;3-2-;. The zero-order chi connectivity index (χ0) is 31.0. The number of nitrogens with one attached hydrogen (secondary N) is 1. The van der Waals surface area contributed by atoms with Crippen molar-refractivity contribution in [3.8, 4) is 24.3 Å². The number of aliphatic carboxylic acids is 1. The van der Waals surface area contributed by atoms with Gasteiger partial charge >= 0.3 is 12.3 Å². The molecule has 0 saturated carbocycles. The number of allylic oxidation sites excluding steroid dienone is 3. The van der Waals surface area contributed by atoms with E-state index in [-0.39, 0.29) is 18.4 Å². The van der Waals surface area contributed by atoms with Gasteiger partial charge in [0.2, 0.25) is 0 Å². The number of halogens is 4. The van der Waals surface area contributed by atoms with E-state index in [4.69, 9.17) is 26.2 Å². The Morgan fingerprint density at radius 2 is 1.70 bits per heavy atom. The summed E-state index contributed by atoms with van der Waals surface area (Å²) in [5, 5.41) is 11.8. The normalized spacial score (nSPS) is 11.2. The quantitative estimate of drug-likeness (QED) is 0.119. The lowest BCUT2D eigenvalue weighted by atomic mass is 10.1. The summed E-state index contributed by atoms with van der Waals surface area (Å²) < 4.78 is 51.0. The van der Waals surface area contributed by atoms with Crippen LogP contribution in [-0.4, -0.2) is 35.5 Å². The fraction of sp³-hybridized carbons (Fsp3) is 0.367. The lowest BCUT2D eigenvalue weighted by Crippen LogP contribution is -2.25. The minimum atomic E-state index is -4.70. The van der Waals surface area contributed by atoms with Gasteiger partial charge in [-0.25, -0.2) is 4.79 Å². The van der Waals surface area contributed by atoms with Crippen LogP contribution in [0.15, 0.2) is 73.0 Å². The van der Waals surface area contributed by atoms with E-state index in [0.717, 1.165) is 5.56 Å². The smallest absolute Gasteiger partial charge is 0.497 e. The van der Waals surface area contributed by atoms with Gasteiger partial charge in [-0.15, -0.1) is 37.6 Å². The van der Waals surface area contributed by atoms with Gasteiger partial charge in [-0.2, -0.15) is 0 Å².